The topological polar surface area (TPSA) is 78.8 Å². The number of likely N-dealkylation sites (N-methyl/N-ethyl adjacent to an activating group) is 1. The third-order valence-electron chi connectivity index (χ3n) is 3.65. The number of rotatable bonds is 7. The van der Waals surface area contributed by atoms with Crippen LogP contribution in [0.15, 0.2) is 33.6 Å². The maximum Gasteiger partial charge on any atom is 0.321 e. The Morgan fingerprint density at radius 2 is 1.92 bits per heavy atom. The van der Waals surface area contributed by atoms with Crippen molar-refractivity contribution in [2.45, 2.75) is 29.4 Å². The molecule has 0 heterocycles. The van der Waals surface area contributed by atoms with E-state index in [1.54, 1.807) is 0 Å². The number of aliphatic hydroxyl groups is 1. The standard InChI is InChI=1S/C17H17I4NO4/c1-2-22-14(17(24)25)5-8-3-12(20)16(13(21)4-8)26-9-6-10(18)15(23)11(19)7-9/h3-4,6-7,10,14-15,22-23H,2,5H2,1H3,(H,24,25). The number of alkyl halides is 1. The van der Waals surface area contributed by atoms with E-state index in [2.05, 4.69) is 95.7 Å². The van der Waals surface area contributed by atoms with Crippen molar-refractivity contribution in [3.63, 3.8) is 0 Å². The summed E-state index contributed by atoms with van der Waals surface area (Å²) in [6.07, 6.45) is 3.66. The number of aliphatic carboxylic acids is 1. The van der Waals surface area contributed by atoms with Gasteiger partial charge < -0.3 is 20.3 Å². The molecule has 0 spiro atoms. The van der Waals surface area contributed by atoms with Crippen molar-refractivity contribution >= 4 is 96.3 Å². The Hall–Kier alpha value is 0.810. The Bertz CT molecular complexity index is 727. The normalized spacial score (nSPS) is 21.0. The molecule has 1 aromatic rings. The van der Waals surface area contributed by atoms with Crippen molar-refractivity contribution in [1.82, 2.24) is 5.32 Å². The molecular weight excluding hydrogens is 790 g/mol. The van der Waals surface area contributed by atoms with Crippen LogP contribution in [0.3, 0.4) is 0 Å². The van der Waals surface area contributed by atoms with Gasteiger partial charge in [0.2, 0.25) is 0 Å². The summed E-state index contributed by atoms with van der Waals surface area (Å²) in [4.78, 5) is 11.4. The molecule has 0 amide bonds. The van der Waals surface area contributed by atoms with Crippen molar-refractivity contribution in [2.75, 3.05) is 6.54 Å². The van der Waals surface area contributed by atoms with Crippen LogP contribution in [0, 0.1) is 7.14 Å². The number of carboxylic acids is 1. The van der Waals surface area contributed by atoms with E-state index in [0.717, 1.165) is 22.0 Å². The molecule has 0 saturated carbocycles. The number of carboxylic acid groups (broad SMARTS) is 1. The third kappa shape index (κ3) is 6.15. The Balaban J connectivity index is 2.22. The fraction of sp³-hybridized carbons (Fsp3) is 0.353. The van der Waals surface area contributed by atoms with Crippen molar-refractivity contribution in [3.8, 4) is 5.75 Å². The number of aliphatic hydroxyl groups excluding tert-OH is 1. The Morgan fingerprint density at radius 3 is 2.42 bits per heavy atom. The van der Waals surface area contributed by atoms with E-state index in [0.29, 0.717) is 18.7 Å². The molecule has 0 aliphatic heterocycles. The molecule has 1 aliphatic carbocycles. The van der Waals surface area contributed by atoms with Gasteiger partial charge in [0.1, 0.15) is 17.9 Å². The number of hydrogen-bond acceptors (Lipinski definition) is 4. The zero-order valence-electron chi connectivity index (χ0n) is 13.7. The average molecular weight is 807 g/mol. The molecule has 1 aromatic carbocycles. The lowest BCUT2D eigenvalue weighted by molar-refractivity contribution is -0.139. The predicted molar refractivity (Wildman–Crippen MR) is 135 cm³/mol. The first kappa shape index (κ1) is 23.1. The molecule has 26 heavy (non-hydrogen) atoms. The highest BCUT2D eigenvalue weighted by atomic mass is 127. The van der Waals surface area contributed by atoms with Gasteiger partial charge in [0, 0.05) is 3.58 Å². The summed E-state index contributed by atoms with van der Waals surface area (Å²) in [5.74, 6) is 0.603. The van der Waals surface area contributed by atoms with Crippen LogP contribution in [-0.4, -0.2) is 38.8 Å². The summed E-state index contributed by atoms with van der Waals surface area (Å²) in [5, 5.41) is 22.3. The molecule has 1 aliphatic rings. The van der Waals surface area contributed by atoms with E-state index >= 15 is 0 Å². The van der Waals surface area contributed by atoms with Crippen LogP contribution in [0.4, 0.5) is 0 Å². The summed E-state index contributed by atoms with van der Waals surface area (Å²) in [5.41, 5.74) is 0.949. The first-order valence-electron chi connectivity index (χ1n) is 7.76. The molecule has 3 N–H and O–H groups in total. The molecule has 3 atom stereocenters. The van der Waals surface area contributed by atoms with Gasteiger partial charge in [-0.2, -0.15) is 0 Å². The Labute approximate surface area is 207 Å². The first-order valence-corrected chi connectivity index (χ1v) is 12.2. The van der Waals surface area contributed by atoms with Gasteiger partial charge >= 0.3 is 5.97 Å². The number of ether oxygens (including phenoxy) is 1. The van der Waals surface area contributed by atoms with Gasteiger partial charge in [-0.1, -0.05) is 29.5 Å². The second-order valence-electron chi connectivity index (χ2n) is 5.63. The van der Waals surface area contributed by atoms with Gasteiger partial charge in [-0.25, -0.2) is 0 Å². The highest BCUT2D eigenvalue weighted by molar-refractivity contribution is 14.1. The zero-order valence-corrected chi connectivity index (χ0v) is 22.3. The summed E-state index contributed by atoms with van der Waals surface area (Å²) in [6.45, 7) is 2.50. The monoisotopic (exact) mass is 807 g/mol. The zero-order chi connectivity index (χ0) is 19.4. The summed E-state index contributed by atoms with van der Waals surface area (Å²) in [6, 6.07) is 3.31. The van der Waals surface area contributed by atoms with E-state index in [-0.39, 0.29) is 3.92 Å². The van der Waals surface area contributed by atoms with Gasteiger partial charge in [0.05, 0.1) is 11.1 Å². The SMILES string of the molecule is CCNC(Cc1cc(I)c(OC2=CC(I)C(O)C(I)=C2)c(I)c1)C(=O)O. The quantitative estimate of drug-likeness (QED) is 0.284. The van der Waals surface area contributed by atoms with Crippen molar-refractivity contribution in [1.29, 1.82) is 0 Å². The van der Waals surface area contributed by atoms with Crippen LogP contribution in [0.5, 0.6) is 5.75 Å². The van der Waals surface area contributed by atoms with Gasteiger partial charge in [-0.3, -0.25) is 4.79 Å². The highest BCUT2D eigenvalue weighted by Gasteiger charge is 2.24. The summed E-state index contributed by atoms with van der Waals surface area (Å²) < 4.78 is 8.73. The number of allylic oxidation sites excluding steroid dienone is 1. The van der Waals surface area contributed by atoms with E-state index < -0.39 is 18.1 Å². The fourth-order valence-electron chi connectivity index (χ4n) is 2.41. The lowest BCUT2D eigenvalue weighted by atomic mass is 10.1. The van der Waals surface area contributed by atoms with E-state index in [1.165, 1.54) is 0 Å². The fourth-order valence-corrected chi connectivity index (χ4v) is 6.65. The van der Waals surface area contributed by atoms with Gasteiger partial charge in [0.15, 0.2) is 5.75 Å². The van der Waals surface area contributed by atoms with Crippen molar-refractivity contribution in [2.24, 2.45) is 0 Å². The molecule has 0 radical (unpaired) electrons. The molecule has 9 heteroatoms. The molecule has 5 nitrogen and oxygen atoms in total. The van der Waals surface area contributed by atoms with Crippen LogP contribution in [0.1, 0.15) is 12.5 Å². The van der Waals surface area contributed by atoms with Crippen LogP contribution in [0.25, 0.3) is 0 Å². The minimum Gasteiger partial charge on any atom is -0.480 e. The Morgan fingerprint density at radius 1 is 1.31 bits per heavy atom. The number of benzene rings is 1. The van der Waals surface area contributed by atoms with E-state index in [4.69, 9.17) is 4.74 Å². The molecule has 142 valence electrons. The number of carbonyl (C=O) groups is 1. The maximum atomic E-state index is 11.4. The maximum absolute atomic E-state index is 11.4. The molecule has 0 aromatic heterocycles. The van der Waals surface area contributed by atoms with E-state index in [1.807, 2.05) is 31.2 Å². The van der Waals surface area contributed by atoms with Gasteiger partial charge in [0.25, 0.3) is 0 Å². The van der Waals surface area contributed by atoms with Crippen molar-refractivity contribution in [3.05, 3.63) is 46.3 Å². The molecule has 2 rings (SSSR count). The predicted octanol–water partition coefficient (Wildman–Crippen LogP) is 4.26. The lowest BCUT2D eigenvalue weighted by Gasteiger charge is -2.21. The number of hydrogen-bond donors (Lipinski definition) is 3. The molecular formula is C17H17I4NO4. The van der Waals surface area contributed by atoms with Gasteiger partial charge in [-0.15, -0.1) is 0 Å². The average Bonchev–Trinajstić information content (AvgIpc) is 2.55. The smallest absolute Gasteiger partial charge is 0.321 e. The highest BCUT2D eigenvalue weighted by Crippen LogP contribution is 2.34. The third-order valence-corrected chi connectivity index (χ3v) is 7.25. The van der Waals surface area contributed by atoms with Crippen LogP contribution in [0.2, 0.25) is 0 Å². The number of nitrogens with one attached hydrogen (secondary N) is 1. The van der Waals surface area contributed by atoms with Crippen LogP contribution < -0.4 is 10.1 Å². The molecule has 0 saturated heterocycles. The largest absolute Gasteiger partial charge is 0.480 e. The Kier molecular flexibility index (Phi) is 9.37. The second-order valence-corrected chi connectivity index (χ2v) is 10.6. The molecule has 0 bridgehead atoms. The molecule has 0 fully saturated rings. The van der Waals surface area contributed by atoms with Crippen molar-refractivity contribution < 1.29 is 19.7 Å². The minimum absolute atomic E-state index is 0.0365. The second kappa shape index (κ2) is 10.5. The van der Waals surface area contributed by atoms with Crippen LogP contribution in [-0.2, 0) is 11.2 Å². The first-order chi connectivity index (χ1) is 12.2. The number of halogens is 4. The summed E-state index contributed by atoms with van der Waals surface area (Å²) >= 11 is 8.73. The summed E-state index contributed by atoms with van der Waals surface area (Å²) in [7, 11) is 0. The van der Waals surface area contributed by atoms with Gasteiger partial charge in [-0.05, 0) is 111 Å². The lowest BCUT2D eigenvalue weighted by Crippen LogP contribution is -2.38. The van der Waals surface area contributed by atoms with E-state index in [9.17, 15) is 15.0 Å². The molecule has 3 unspecified atom stereocenters. The van der Waals surface area contributed by atoms with Crippen LogP contribution >= 0.6 is 90.4 Å². The minimum atomic E-state index is -0.851.